The summed E-state index contributed by atoms with van der Waals surface area (Å²) in [6, 6.07) is 0.866. The van der Waals surface area contributed by atoms with E-state index in [1.165, 1.54) is 6.42 Å². The monoisotopic (exact) mass is 171 g/mol. The Morgan fingerprint density at radius 1 is 1.25 bits per heavy atom. The van der Waals surface area contributed by atoms with Crippen molar-refractivity contribution >= 4 is 0 Å². The largest absolute Gasteiger partial charge is 0.392 e. The van der Waals surface area contributed by atoms with E-state index in [1.54, 1.807) is 0 Å². The molecule has 2 heteroatoms. The topological polar surface area (TPSA) is 32.3 Å². The van der Waals surface area contributed by atoms with Gasteiger partial charge in [-0.2, -0.15) is 0 Å². The van der Waals surface area contributed by atoms with E-state index in [0.717, 1.165) is 12.8 Å². The van der Waals surface area contributed by atoms with Crippen LogP contribution in [-0.4, -0.2) is 23.3 Å². The van der Waals surface area contributed by atoms with Gasteiger partial charge in [-0.25, -0.2) is 0 Å². The maximum absolute atomic E-state index is 9.56. The summed E-state index contributed by atoms with van der Waals surface area (Å²) in [5, 5.41) is 13.0. The van der Waals surface area contributed by atoms with Gasteiger partial charge in [-0.05, 0) is 32.1 Å². The second-order valence-electron chi connectivity index (χ2n) is 4.30. The van der Waals surface area contributed by atoms with Crippen LogP contribution in [0.3, 0.4) is 0 Å². The third-order valence-corrected chi connectivity index (χ3v) is 2.96. The highest BCUT2D eigenvalue weighted by Gasteiger charge is 2.26. The van der Waals surface area contributed by atoms with Gasteiger partial charge in [0, 0.05) is 12.1 Å². The maximum atomic E-state index is 9.56. The van der Waals surface area contributed by atoms with Crippen molar-refractivity contribution in [2.24, 2.45) is 5.92 Å². The molecule has 0 bridgehead atoms. The molecule has 0 amide bonds. The Morgan fingerprint density at radius 3 is 2.33 bits per heavy atom. The van der Waals surface area contributed by atoms with E-state index >= 15 is 0 Å². The number of hydrogen-bond donors (Lipinski definition) is 2. The summed E-state index contributed by atoms with van der Waals surface area (Å²) in [6.45, 7) is 6.60. The molecule has 1 fully saturated rings. The normalized spacial score (nSPS) is 32.8. The minimum Gasteiger partial charge on any atom is -0.392 e. The fourth-order valence-electron chi connectivity index (χ4n) is 1.67. The van der Waals surface area contributed by atoms with Crippen LogP contribution < -0.4 is 5.32 Å². The summed E-state index contributed by atoms with van der Waals surface area (Å²) in [7, 11) is 0. The molecular formula is C10H21NO. The molecule has 0 aromatic rings. The number of hydrogen-bond acceptors (Lipinski definition) is 2. The summed E-state index contributed by atoms with van der Waals surface area (Å²) >= 11 is 0. The van der Waals surface area contributed by atoms with Crippen LogP contribution in [0.5, 0.6) is 0 Å². The second kappa shape index (κ2) is 4.24. The standard InChI is InChI=1S/C10H21NO/c1-7(2)8(3)11-9-5-4-6-10(9)12/h7-12H,4-6H2,1-3H3/t8?,9-,10+/m0/s1. The van der Waals surface area contributed by atoms with Crippen molar-refractivity contribution in [1.29, 1.82) is 0 Å². The van der Waals surface area contributed by atoms with Crippen LogP contribution in [0.4, 0.5) is 0 Å². The Morgan fingerprint density at radius 2 is 1.92 bits per heavy atom. The zero-order valence-electron chi connectivity index (χ0n) is 8.38. The van der Waals surface area contributed by atoms with Crippen molar-refractivity contribution < 1.29 is 5.11 Å². The van der Waals surface area contributed by atoms with Crippen LogP contribution in [-0.2, 0) is 0 Å². The van der Waals surface area contributed by atoms with Crippen molar-refractivity contribution in [3.8, 4) is 0 Å². The number of aliphatic hydroxyl groups is 1. The van der Waals surface area contributed by atoms with Gasteiger partial charge in [0.1, 0.15) is 0 Å². The minimum absolute atomic E-state index is 0.105. The van der Waals surface area contributed by atoms with Gasteiger partial charge in [0.25, 0.3) is 0 Å². The molecule has 0 saturated heterocycles. The van der Waals surface area contributed by atoms with E-state index in [9.17, 15) is 5.11 Å². The van der Waals surface area contributed by atoms with E-state index in [0.29, 0.717) is 18.0 Å². The van der Waals surface area contributed by atoms with Gasteiger partial charge in [-0.1, -0.05) is 13.8 Å². The Bertz CT molecular complexity index is 136. The molecule has 0 heterocycles. The second-order valence-corrected chi connectivity index (χ2v) is 4.30. The zero-order chi connectivity index (χ0) is 9.14. The van der Waals surface area contributed by atoms with Crippen LogP contribution in [0.2, 0.25) is 0 Å². The highest BCUT2D eigenvalue weighted by molar-refractivity contribution is 4.84. The number of aliphatic hydroxyl groups excluding tert-OH is 1. The first kappa shape index (κ1) is 10.0. The lowest BCUT2D eigenvalue weighted by Crippen LogP contribution is -2.43. The lowest BCUT2D eigenvalue weighted by atomic mass is 10.0. The first-order chi connectivity index (χ1) is 5.61. The maximum Gasteiger partial charge on any atom is 0.0693 e. The lowest BCUT2D eigenvalue weighted by Gasteiger charge is -2.24. The van der Waals surface area contributed by atoms with E-state index in [1.807, 2.05) is 0 Å². The summed E-state index contributed by atoms with van der Waals surface area (Å²) in [5.74, 6) is 0.651. The number of nitrogens with one attached hydrogen (secondary N) is 1. The van der Waals surface area contributed by atoms with Gasteiger partial charge in [-0.3, -0.25) is 0 Å². The predicted octanol–water partition coefficient (Wildman–Crippen LogP) is 1.53. The van der Waals surface area contributed by atoms with Crippen molar-refractivity contribution in [1.82, 2.24) is 5.32 Å². The van der Waals surface area contributed by atoms with Crippen LogP contribution in [0.25, 0.3) is 0 Å². The molecule has 12 heavy (non-hydrogen) atoms. The molecular weight excluding hydrogens is 150 g/mol. The first-order valence-corrected chi connectivity index (χ1v) is 5.05. The molecule has 1 unspecified atom stereocenters. The van der Waals surface area contributed by atoms with Gasteiger partial charge in [0.05, 0.1) is 6.10 Å². The van der Waals surface area contributed by atoms with Gasteiger partial charge in [0.2, 0.25) is 0 Å². The number of rotatable bonds is 3. The summed E-state index contributed by atoms with van der Waals surface area (Å²) < 4.78 is 0. The molecule has 72 valence electrons. The molecule has 0 aliphatic heterocycles. The lowest BCUT2D eigenvalue weighted by molar-refractivity contribution is 0.140. The smallest absolute Gasteiger partial charge is 0.0693 e. The van der Waals surface area contributed by atoms with Crippen molar-refractivity contribution in [3.05, 3.63) is 0 Å². The minimum atomic E-state index is -0.105. The van der Waals surface area contributed by atoms with Gasteiger partial charge >= 0.3 is 0 Å². The van der Waals surface area contributed by atoms with Crippen molar-refractivity contribution in [3.63, 3.8) is 0 Å². The van der Waals surface area contributed by atoms with E-state index in [2.05, 4.69) is 26.1 Å². The summed E-state index contributed by atoms with van der Waals surface area (Å²) in [6.07, 6.45) is 3.18. The molecule has 2 nitrogen and oxygen atoms in total. The molecule has 3 atom stereocenters. The fraction of sp³-hybridized carbons (Fsp3) is 1.00. The van der Waals surface area contributed by atoms with Gasteiger partial charge in [0.15, 0.2) is 0 Å². The Hall–Kier alpha value is -0.0800. The zero-order valence-corrected chi connectivity index (χ0v) is 8.38. The Balaban J connectivity index is 2.30. The third-order valence-electron chi connectivity index (χ3n) is 2.96. The molecule has 2 N–H and O–H groups in total. The summed E-state index contributed by atoms with van der Waals surface area (Å²) in [4.78, 5) is 0. The SMILES string of the molecule is CC(C)C(C)N[C@H]1CCC[C@H]1O. The van der Waals surface area contributed by atoms with Gasteiger partial charge < -0.3 is 10.4 Å². The van der Waals surface area contributed by atoms with Crippen LogP contribution in [0.1, 0.15) is 40.0 Å². The van der Waals surface area contributed by atoms with E-state index in [-0.39, 0.29) is 6.10 Å². The Kier molecular flexibility index (Phi) is 3.53. The van der Waals surface area contributed by atoms with E-state index < -0.39 is 0 Å². The van der Waals surface area contributed by atoms with Crippen LogP contribution in [0, 0.1) is 5.92 Å². The van der Waals surface area contributed by atoms with Crippen LogP contribution in [0.15, 0.2) is 0 Å². The van der Waals surface area contributed by atoms with Crippen molar-refractivity contribution in [2.75, 3.05) is 0 Å². The molecule has 0 aromatic carbocycles. The first-order valence-electron chi connectivity index (χ1n) is 5.05. The average Bonchev–Trinajstić information content (AvgIpc) is 2.36. The molecule has 1 saturated carbocycles. The predicted molar refractivity (Wildman–Crippen MR) is 51.1 cm³/mol. The van der Waals surface area contributed by atoms with Crippen LogP contribution >= 0.6 is 0 Å². The molecule has 0 spiro atoms. The quantitative estimate of drug-likeness (QED) is 0.675. The molecule has 1 rings (SSSR count). The highest BCUT2D eigenvalue weighted by atomic mass is 16.3. The summed E-state index contributed by atoms with van der Waals surface area (Å²) in [5.41, 5.74) is 0. The fourth-order valence-corrected chi connectivity index (χ4v) is 1.67. The van der Waals surface area contributed by atoms with Gasteiger partial charge in [-0.15, -0.1) is 0 Å². The molecule has 1 aliphatic rings. The molecule has 1 aliphatic carbocycles. The Labute approximate surface area is 75.4 Å². The van der Waals surface area contributed by atoms with E-state index in [4.69, 9.17) is 0 Å². The third kappa shape index (κ3) is 2.46. The average molecular weight is 171 g/mol. The van der Waals surface area contributed by atoms with Crippen molar-refractivity contribution in [2.45, 2.75) is 58.2 Å². The molecule has 0 aromatic heterocycles. The molecule has 0 radical (unpaired) electrons. The highest BCUT2D eigenvalue weighted by Crippen LogP contribution is 2.20.